The number of amides is 3. The fourth-order valence-electron chi connectivity index (χ4n) is 2.10. The lowest BCUT2D eigenvalue weighted by molar-refractivity contribution is -0.141. The number of carboxylic acid groups (broad SMARTS) is 1. The van der Waals surface area contributed by atoms with Crippen LogP contribution in [0, 0.1) is 11.8 Å². The largest absolute Gasteiger partial charge is 0.480 e. The van der Waals surface area contributed by atoms with Gasteiger partial charge >= 0.3 is 5.97 Å². The Morgan fingerprint density at radius 3 is 2.04 bits per heavy atom. The number of nitrogens with one attached hydrogen (secondary N) is 3. The van der Waals surface area contributed by atoms with E-state index >= 15 is 0 Å². The molecule has 10 heteroatoms. The van der Waals surface area contributed by atoms with Crippen LogP contribution in [0.15, 0.2) is 0 Å². The normalized spacial score (nSPS) is 14.4. The topological polar surface area (TPSA) is 151 Å². The predicted octanol–water partition coefficient (Wildman–Crippen LogP) is -0.451. The van der Waals surface area contributed by atoms with Crippen molar-refractivity contribution in [2.24, 2.45) is 17.6 Å². The highest BCUT2D eigenvalue weighted by molar-refractivity contribution is 7.98. The molecule has 0 aliphatic rings. The third-order valence-corrected chi connectivity index (χ3v) is 4.58. The summed E-state index contributed by atoms with van der Waals surface area (Å²) in [6.07, 6.45) is 2.13. The maximum Gasteiger partial charge on any atom is 0.326 e. The first-order chi connectivity index (χ1) is 12.5. The van der Waals surface area contributed by atoms with Crippen LogP contribution in [0.5, 0.6) is 0 Å². The monoisotopic (exact) mass is 404 g/mol. The highest BCUT2D eigenvalue weighted by Gasteiger charge is 2.28. The lowest BCUT2D eigenvalue weighted by Gasteiger charge is -2.24. The summed E-state index contributed by atoms with van der Waals surface area (Å²) in [6, 6.07) is -2.59. The van der Waals surface area contributed by atoms with Crippen molar-refractivity contribution in [3.63, 3.8) is 0 Å². The first-order valence-electron chi connectivity index (χ1n) is 8.86. The number of thioether (sulfide) groups is 1. The molecule has 0 aromatic carbocycles. The van der Waals surface area contributed by atoms with Crippen molar-refractivity contribution in [1.29, 1.82) is 0 Å². The Morgan fingerprint density at radius 1 is 1.00 bits per heavy atom. The van der Waals surface area contributed by atoms with Crippen LogP contribution in [0.25, 0.3) is 0 Å². The van der Waals surface area contributed by atoms with Gasteiger partial charge in [0.1, 0.15) is 12.1 Å². The van der Waals surface area contributed by atoms with Crippen LogP contribution in [0.1, 0.15) is 34.1 Å². The number of carbonyl (C=O) groups excluding carboxylic acids is 3. The van der Waals surface area contributed by atoms with Gasteiger partial charge in [0.15, 0.2) is 0 Å². The van der Waals surface area contributed by atoms with Gasteiger partial charge in [0.25, 0.3) is 0 Å². The van der Waals surface area contributed by atoms with E-state index in [0.717, 1.165) is 0 Å². The van der Waals surface area contributed by atoms with Gasteiger partial charge in [-0.2, -0.15) is 11.8 Å². The minimum atomic E-state index is -1.13. The second-order valence-corrected chi connectivity index (χ2v) is 7.94. The summed E-state index contributed by atoms with van der Waals surface area (Å²) >= 11 is 1.47. The van der Waals surface area contributed by atoms with E-state index in [1.54, 1.807) is 27.7 Å². The van der Waals surface area contributed by atoms with Gasteiger partial charge in [-0.1, -0.05) is 27.7 Å². The van der Waals surface area contributed by atoms with Crippen LogP contribution in [0.4, 0.5) is 0 Å². The third kappa shape index (κ3) is 9.62. The molecular weight excluding hydrogens is 372 g/mol. The van der Waals surface area contributed by atoms with Gasteiger partial charge in [-0.05, 0) is 30.3 Å². The van der Waals surface area contributed by atoms with Crippen molar-refractivity contribution >= 4 is 35.5 Å². The van der Waals surface area contributed by atoms with Crippen LogP contribution < -0.4 is 21.7 Å². The average Bonchev–Trinajstić information content (AvgIpc) is 2.59. The summed E-state index contributed by atoms with van der Waals surface area (Å²) in [6.45, 7) is 6.74. The summed E-state index contributed by atoms with van der Waals surface area (Å²) in [5.41, 5.74) is 5.79. The van der Waals surface area contributed by atoms with Crippen LogP contribution in [-0.4, -0.2) is 65.5 Å². The number of carboxylic acids is 1. The molecule has 3 amide bonds. The standard InChI is InChI=1S/C17H32N4O5S/c1-9(2)13(18)15(23)21-14(10(3)4)16(24)19-8-12(22)20-11(17(25)26)6-7-27-5/h9-11,13-14H,6-8,18H2,1-5H3,(H,19,24)(H,20,22)(H,21,23)(H,25,26). The van der Waals surface area contributed by atoms with Gasteiger partial charge in [0.2, 0.25) is 17.7 Å². The van der Waals surface area contributed by atoms with E-state index in [1.165, 1.54) is 11.8 Å². The first kappa shape index (κ1) is 25.2. The van der Waals surface area contributed by atoms with Gasteiger partial charge in [-0.25, -0.2) is 4.79 Å². The minimum absolute atomic E-state index is 0.0825. The second-order valence-electron chi connectivity index (χ2n) is 6.96. The minimum Gasteiger partial charge on any atom is -0.480 e. The number of hydrogen-bond donors (Lipinski definition) is 5. The quantitative estimate of drug-likeness (QED) is 0.295. The van der Waals surface area contributed by atoms with E-state index in [9.17, 15) is 19.2 Å². The zero-order valence-electron chi connectivity index (χ0n) is 16.6. The Labute approximate surface area is 164 Å². The van der Waals surface area contributed by atoms with Crippen LogP contribution in [0.3, 0.4) is 0 Å². The fraction of sp³-hybridized carbons (Fsp3) is 0.765. The van der Waals surface area contributed by atoms with Crippen molar-refractivity contribution < 1.29 is 24.3 Å². The molecule has 0 bridgehead atoms. The molecule has 0 fully saturated rings. The van der Waals surface area contributed by atoms with E-state index in [1.807, 2.05) is 6.26 Å². The van der Waals surface area contributed by atoms with Crippen LogP contribution in [0.2, 0.25) is 0 Å². The van der Waals surface area contributed by atoms with E-state index in [-0.39, 0.29) is 24.8 Å². The summed E-state index contributed by atoms with van der Waals surface area (Å²) in [5, 5.41) is 16.5. The molecular formula is C17H32N4O5S. The van der Waals surface area contributed by atoms with Crippen molar-refractivity contribution in [2.45, 2.75) is 52.2 Å². The van der Waals surface area contributed by atoms with E-state index in [0.29, 0.717) is 5.75 Å². The van der Waals surface area contributed by atoms with E-state index < -0.39 is 41.8 Å². The van der Waals surface area contributed by atoms with Gasteiger partial charge < -0.3 is 26.8 Å². The summed E-state index contributed by atoms with van der Waals surface area (Å²) in [7, 11) is 0. The molecule has 9 nitrogen and oxygen atoms in total. The fourth-order valence-corrected chi connectivity index (χ4v) is 2.57. The molecule has 0 saturated carbocycles. The molecule has 0 aliphatic heterocycles. The van der Waals surface area contributed by atoms with Gasteiger partial charge in [-0.15, -0.1) is 0 Å². The van der Waals surface area contributed by atoms with E-state index in [2.05, 4.69) is 16.0 Å². The number of hydrogen-bond acceptors (Lipinski definition) is 6. The van der Waals surface area contributed by atoms with Crippen LogP contribution >= 0.6 is 11.8 Å². The number of rotatable bonds is 12. The Morgan fingerprint density at radius 2 is 1.59 bits per heavy atom. The molecule has 27 heavy (non-hydrogen) atoms. The Balaban J connectivity index is 4.70. The zero-order chi connectivity index (χ0) is 21.1. The number of carbonyl (C=O) groups is 4. The molecule has 0 spiro atoms. The lowest BCUT2D eigenvalue weighted by atomic mass is 10.0. The molecule has 0 aliphatic carbocycles. The molecule has 0 heterocycles. The molecule has 3 unspecified atom stereocenters. The SMILES string of the molecule is CSCCC(NC(=O)CNC(=O)C(NC(=O)C(N)C(C)C)C(C)C)C(=O)O. The van der Waals surface area contributed by atoms with Crippen molar-refractivity contribution in [3.05, 3.63) is 0 Å². The highest BCUT2D eigenvalue weighted by Crippen LogP contribution is 2.05. The molecule has 0 rings (SSSR count). The highest BCUT2D eigenvalue weighted by atomic mass is 32.2. The molecule has 0 radical (unpaired) electrons. The zero-order valence-corrected chi connectivity index (χ0v) is 17.4. The average molecular weight is 405 g/mol. The summed E-state index contributed by atoms with van der Waals surface area (Å²) < 4.78 is 0. The molecule has 0 saturated heterocycles. The second kappa shape index (κ2) is 12.6. The summed E-state index contributed by atoms with van der Waals surface area (Å²) in [5.74, 6) is -2.41. The molecule has 3 atom stereocenters. The summed E-state index contributed by atoms with van der Waals surface area (Å²) in [4.78, 5) is 47.5. The molecule has 0 aromatic heterocycles. The molecule has 156 valence electrons. The maximum absolute atomic E-state index is 12.3. The molecule has 6 N–H and O–H groups in total. The smallest absolute Gasteiger partial charge is 0.326 e. The van der Waals surface area contributed by atoms with Crippen molar-refractivity contribution in [2.75, 3.05) is 18.6 Å². The van der Waals surface area contributed by atoms with E-state index in [4.69, 9.17) is 10.8 Å². The maximum atomic E-state index is 12.3. The van der Waals surface area contributed by atoms with Crippen molar-refractivity contribution in [1.82, 2.24) is 16.0 Å². The Bertz CT molecular complexity index is 527. The Hall–Kier alpha value is -1.81. The third-order valence-electron chi connectivity index (χ3n) is 3.94. The number of aliphatic carboxylic acids is 1. The van der Waals surface area contributed by atoms with Gasteiger partial charge in [-0.3, -0.25) is 14.4 Å². The van der Waals surface area contributed by atoms with Gasteiger partial charge in [0, 0.05) is 0 Å². The first-order valence-corrected chi connectivity index (χ1v) is 10.2. The predicted molar refractivity (Wildman–Crippen MR) is 105 cm³/mol. The lowest BCUT2D eigenvalue weighted by Crippen LogP contribution is -2.56. The van der Waals surface area contributed by atoms with Crippen LogP contribution in [-0.2, 0) is 19.2 Å². The molecule has 0 aromatic rings. The van der Waals surface area contributed by atoms with Crippen molar-refractivity contribution in [3.8, 4) is 0 Å². The number of nitrogens with two attached hydrogens (primary N) is 1. The van der Waals surface area contributed by atoms with Gasteiger partial charge in [0.05, 0.1) is 12.6 Å². The Kier molecular flexibility index (Phi) is 11.7.